The highest BCUT2D eigenvalue weighted by Gasteiger charge is 2.18. The number of aromatic nitrogens is 3. The van der Waals surface area contributed by atoms with Crippen LogP contribution >= 0.6 is 0 Å². The Hall–Kier alpha value is -2.77. The predicted molar refractivity (Wildman–Crippen MR) is 98.9 cm³/mol. The van der Waals surface area contributed by atoms with Gasteiger partial charge in [-0.2, -0.15) is 5.10 Å². The third-order valence-corrected chi connectivity index (χ3v) is 5.03. The number of carboxylic acid groups (broad SMARTS) is 1. The second-order valence-corrected chi connectivity index (χ2v) is 6.94. The first-order chi connectivity index (χ1) is 13.1. The maximum atomic E-state index is 11.0. The van der Waals surface area contributed by atoms with E-state index in [1.807, 2.05) is 6.07 Å². The van der Waals surface area contributed by atoms with E-state index in [4.69, 9.17) is 9.84 Å². The van der Waals surface area contributed by atoms with Crippen molar-refractivity contribution in [1.82, 2.24) is 14.8 Å². The summed E-state index contributed by atoms with van der Waals surface area (Å²) in [6.07, 6.45) is 6.30. The first kappa shape index (κ1) is 17.6. The van der Waals surface area contributed by atoms with Crippen LogP contribution < -0.4 is 0 Å². The molecule has 27 heavy (non-hydrogen) atoms. The number of aromatic carboxylic acids is 1. The Morgan fingerprint density at radius 2 is 2.04 bits per heavy atom. The quantitative estimate of drug-likeness (QED) is 0.666. The lowest BCUT2D eigenvalue weighted by Crippen LogP contribution is -2.19. The topological polar surface area (TPSA) is 97.5 Å². The Labute approximate surface area is 156 Å². The van der Waals surface area contributed by atoms with E-state index in [0.29, 0.717) is 23.7 Å². The number of aliphatic hydroxyl groups excluding tert-OH is 1. The first-order valence-corrected chi connectivity index (χ1v) is 9.05. The molecule has 2 N–H and O–H groups in total. The van der Waals surface area contributed by atoms with E-state index in [2.05, 4.69) is 10.1 Å². The average molecular weight is 367 g/mol. The lowest BCUT2D eigenvalue weighted by molar-refractivity contribution is 0.00723. The molecule has 0 aliphatic heterocycles. The second kappa shape index (κ2) is 7.46. The second-order valence-electron chi connectivity index (χ2n) is 6.94. The third kappa shape index (κ3) is 3.70. The van der Waals surface area contributed by atoms with Gasteiger partial charge in [0.05, 0.1) is 24.1 Å². The standard InChI is InChI=1S/C20H21N3O4/c24-18(12-27-11-13-2-1-3-13)15-8-16-10-22-23(19(16)21-9-15)17-6-4-14(5-7-17)20(25)26/h4-10,13,18,24H,1-3,11-12H2,(H,25,26)/t18-/m0/s1. The fourth-order valence-electron chi connectivity index (χ4n) is 3.16. The van der Waals surface area contributed by atoms with Crippen LogP contribution in [-0.4, -0.2) is 44.2 Å². The number of pyridine rings is 1. The van der Waals surface area contributed by atoms with Crippen molar-refractivity contribution in [1.29, 1.82) is 0 Å². The molecule has 7 nitrogen and oxygen atoms in total. The number of rotatable bonds is 7. The van der Waals surface area contributed by atoms with Gasteiger partial charge in [0.25, 0.3) is 0 Å². The van der Waals surface area contributed by atoms with Crippen LogP contribution in [0.15, 0.2) is 42.7 Å². The molecule has 1 atom stereocenters. The molecule has 1 aliphatic rings. The van der Waals surface area contributed by atoms with Crippen molar-refractivity contribution in [2.24, 2.45) is 5.92 Å². The summed E-state index contributed by atoms with van der Waals surface area (Å²) in [6.45, 7) is 0.964. The summed E-state index contributed by atoms with van der Waals surface area (Å²) < 4.78 is 7.27. The van der Waals surface area contributed by atoms with Gasteiger partial charge in [-0.15, -0.1) is 0 Å². The van der Waals surface area contributed by atoms with Gasteiger partial charge in [-0.3, -0.25) is 0 Å². The molecule has 2 aromatic heterocycles. The Bertz CT molecular complexity index is 948. The van der Waals surface area contributed by atoms with Crippen molar-refractivity contribution >= 4 is 17.0 Å². The van der Waals surface area contributed by atoms with Crippen molar-refractivity contribution in [3.63, 3.8) is 0 Å². The molecule has 1 aliphatic carbocycles. The molecule has 0 bridgehead atoms. The number of nitrogens with zero attached hydrogens (tertiary/aromatic N) is 3. The van der Waals surface area contributed by atoms with Gasteiger partial charge in [0.15, 0.2) is 5.65 Å². The van der Waals surface area contributed by atoms with Crippen LogP contribution in [0.2, 0.25) is 0 Å². The Kier molecular flexibility index (Phi) is 4.87. The molecule has 2 heterocycles. The van der Waals surface area contributed by atoms with Gasteiger partial charge in [-0.1, -0.05) is 6.42 Å². The molecule has 0 unspecified atom stereocenters. The molecule has 0 amide bonds. The van der Waals surface area contributed by atoms with E-state index in [-0.39, 0.29) is 12.2 Å². The highest BCUT2D eigenvalue weighted by atomic mass is 16.5. The van der Waals surface area contributed by atoms with Gasteiger partial charge in [0, 0.05) is 23.8 Å². The molecule has 0 radical (unpaired) electrons. The summed E-state index contributed by atoms with van der Waals surface area (Å²) in [7, 11) is 0. The minimum atomic E-state index is -0.969. The highest BCUT2D eigenvalue weighted by molar-refractivity contribution is 5.87. The predicted octanol–water partition coefficient (Wildman–Crippen LogP) is 2.97. The van der Waals surface area contributed by atoms with Crippen LogP contribution in [0.4, 0.5) is 0 Å². The van der Waals surface area contributed by atoms with Crippen molar-refractivity contribution in [3.05, 3.63) is 53.9 Å². The Morgan fingerprint density at radius 3 is 2.70 bits per heavy atom. The summed E-state index contributed by atoms with van der Waals surface area (Å²) in [6, 6.07) is 8.30. The lowest BCUT2D eigenvalue weighted by atomic mass is 9.86. The van der Waals surface area contributed by atoms with E-state index in [1.54, 1.807) is 29.2 Å². The van der Waals surface area contributed by atoms with E-state index < -0.39 is 12.1 Å². The number of aliphatic hydroxyl groups is 1. The molecule has 4 rings (SSSR count). The van der Waals surface area contributed by atoms with Gasteiger partial charge >= 0.3 is 5.97 Å². The minimum absolute atomic E-state index is 0.218. The maximum Gasteiger partial charge on any atom is 0.335 e. The highest BCUT2D eigenvalue weighted by Crippen LogP contribution is 2.27. The van der Waals surface area contributed by atoms with Gasteiger partial charge in [0.1, 0.15) is 6.10 Å². The number of benzene rings is 1. The van der Waals surface area contributed by atoms with Gasteiger partial charge in [-0.25, -0.2) is 14.5 Å². The minimum Gasteiger partial charge on any atom is -0.478 e. The van der Waals surface area contributed by atoms with E-state index in [1.165, 1.54) is 31.4 Å². The summed E-state index contributed by atoms with van der Waals surface area (Å²) >= 11 is 0. The van der Waals surface area contributed by atoms with Crippen LogP contribution in [-0.2, 0) is 4.74 Å². The molecule has 7 heteroatoms. The average Bonchev–Trinajstić information content (AvgIpc) is 3.06. The van der Waals surface area contributed by atoms with Crippen LogP contribution in [0.25, 0.3) is 16.7 Å². The molecule has 1 fully saturated rings. The zero-order valence-corrected chi connectivity index (χ0v) is 14.8. The molecule has 1 saturated carbocycles. The van der Waals surface area contributed by atoms with Crippen molar-refractivity contribution in [2.45, 2.75) is 25.4 Å². The van der Waals surface area contributed by atoms with Crippen LogP contribution in [0.3, 0.4) is 0 Å². The van der Waals surface area contributed by atoms with E-state index in [0.717, 1.165) is 11.1 Å². The first-order valence-electron chi connectivity index (χ1n) is 9.05. The number of carboxylic acids is 1. The fraction of sp³-hybridized carbons (Fsp3) is 0.350. The molecular weight excluding hydrogens is 346 g/mol. The van der Waals surface area contributed by atoms with Crippen LogP contribution in [0.1, 0.15) is 41.3 Å². The lowest BCUT2D eigenvalue weighted by Gasteiger charge is -2.25. The molecule has 3 aromatic rings. The normalized spacial score (nSPS) is 15.6. The van der Waals surface area contributed by atoms with E-state index in [9.17, 15) is 9.90 Å². The smallest absolute Gasteiger partial charge is 0.335 e. The largest absolute Gasteiger partial charge is 0.478 e. The fourth-order valence-corrected chi connectivity index (χ4v) is 3.16. The maximum absolute atomic E-state index is 11.0. The summed E-state index contributed by atoms with van der Waals surface area (Å²) in [5.74, 6) is -0.327. The van der Waals surface area contributed by atoms with E-state index >= 15 is 0 Å². The van der Waals surface area contributed by atoms with Crippen molar-refractivity contribution in [2.75, 3.05) is 13.2 Å². The summed E-state index contributed by atoms with van der Waals surface area (Å²) in [5.41, 5.74) is 2.27. The molecule has 0 spiro atoms. The molecule has 140 valence electrons. The van der Waals surface area contributed by atoms with Crippen molar-refractivity contribution in [3.8, 4) is 5.69 Å². The SMILES string of the molecule is O=C(O)c1ccc(-n2ncc3cc([C@@H](O)COCC4CCC4)cnc32)cc1. The van der Waals surface area contributed by atoms with Crippen LogP contribution in [0.5, 0.6) is 0 Å². The van der Waals surface area contributed by atoms with Crippen LogP contribution in [0, 0.1) is 5.92 Å². The molecule has 0 saturated heterocycles. The third-order valence-electron chi connectivity index (χ3n) is 5.03. The number of fused-ring (bicyclic) bond motifs is 1. The molecule has 1 aromatic carbocycles. The Morgan fingerprint density at radius 1 is 1.26 bits per heavy atom. The Balaban J connectivity index is 1.49. The number of ether oxygens (including phenoxy) is 1. The number of hydrogen-bond acceptors (Lipinski definition) is 5. The zero-order chi connectivity index (χ0) is 18.8. The van der Waals surface area contributed by atoms with Gasteiger partial charge in [0.2, 0.25) is 0 Å². The van der Waals surface area contributed by atoms with Gasteiger partial charge < -0.3 is 14.9 Å². The molecular formula is C20H21N3O4. The summed E-state index contributed by atoms with van der Waals surface area (Å²) in [4.78, 5) is 15.4. The number of hydrogen-bond donors (Lipinski definition) is 2. The summed E-state index contributed by atoms with van der Waals surface area (Å²) in [5, 5.41) is 24.5. The van der Waals surface area contributed by atoms with Gasteiger partial charge in [-0.05, 0) is 49.1 Å². The van der Waals surface area contributed by atoms with Crippen molar-refractivity contribution < 1.29 is 19.7 Å². The number of carbonyl (C=O) groups is 1. The monoisotopic (exact) mass is 367 g/mol. The zero-order valence-electron chi connectivity index (χ0n) is 14.8.